The van der Waals surface area contributed by atoms with Crippen LogP contribution in [0.25, 0.3) is 0 Å². The number of carbonyl (C=O) groups excluding carboxylic acids is 2. The Kier molecular flexibility index (Phi) is 38.9. The minimum absolute atomic E-state index is 0.121. The van der Waals surface area contributed by atoms with Crippen molar-refractivity contribution < 1.29 is 47.5 Å². The van der Waals surface area contributed by atoms with Gasteiger partial charge < -0.3 is 25.2 Å². The summed E-state index contributed by atoms with van der Waals surface area (Å²) in [4.78, 5) is 46.0. The zero-order chi connectivity index (χ0) is 42.8. The topological polar surface area (TPSA) is 172 Å². The average molecular weight is 838 g/mol. The summed E-state index contributed by atoms with van der Waals surface area (Å²) in [5, 5.41) is 8.89. The third-order valence-corrected chi connectivity index (χ3v) is 10.2. The van der Waals surface area contributed by atoms with Gasteiger partial charge in [-0.25, -0.2) is 4.57 Å². The van der Waals surface area contributed by atoms with E-state index >= 15 is 0 Å². The second kappa shape index (κ2) is 40.9. The summed E-state index contributed by atoms with van der Waals surface area (Å²) in [7, 11) is -4.73. The summed E-state index contributed by atoms with van der Waals surface area (Å²) >= 11 is 0. The molecule has 11 nitrogen and oxygen atoms in total. The number of unbranched alkanes of at least 4 members (excludes halogenated alkanes) is 17. The van der Waals surface area contributed by atoms with Crippen molar-refractivity contribution >= 4 is 25.7 Å². The van der Waals surface area contributed by atoms with Gasteiger partial charge in [-0.05, 0) is 57.8 Å². The molecule has 0 aliphatic carbocycles. The Morgan fingerprint density at radius 2 is 0.966 bits per heavy atom. The van der Waals surface area contributed by atoms with E-state index in [9.17, 15) is 23.8 Å². The van der Waals surface area contributed by atoms with Crippen LogP contribution in [-0.2, 0) is 37.5 Å². The molecule has 0 saturated carbocycles. The predicted molar refractivity (Wildman–Crippen MR) is 235 cm³/mol. The van der Waals surface area contributed by atoms with E-state index in [1.165, 1.54) is 70.6 Å². The number of esters is 2. The second-order valence-electron chi connectivity index (χ2n) is 14.8. The van der Waals surface area contributed by atoms with E-state index in [4.69, 9.17) is 24.8 Å². The van der Waals surface area contributed by atoms with Crippen LogP contribution in [0, 0.1) is 0 Å². The molecule has 3 unspecified atom stereocenters. The maximum absolute atomic E-state index is 12.6. The van der Waals surface area contributed by atoms with Gasteiger partial charge in [0, 0.05) is 12.8 Å². The van der Waals surface area contributed by atoms with Crippen molar-refractivity contribution in [1.82, 2.24) is 0 Å². The first kappa shape index (κ1) is 55.2. The van der Waals surface area contributed by atoms with E-state index in [0.29, 0.717) is 12.8 Å². The highest BCUT2D eigenvalue weighted by Gasteiger charge is 2.28. The fourth-order valence-electron chi connectivity index (χ4n) is 5.80. The summed E-state index contributed by atoms with van der Waals surface area (Å²) in [5.74, 6) is -2.42. The first-order chi connectivity index (χ1) is 28.1. The standard InChI is InChI=1S/C46H80NO10P/c1-3-5-7-9-11-13-15-17-19-20-21-22-24-26-28-30-32-34-36-38-45(49)57-42(40-55-58(52,53)56-41-43(47)46(50)51)39-54-44(48)37-35-33-31-29-27-25-23-18-16-14-12-10-8-6-4-2/h5,7,11,13,17,19,21-22,26,28,42-43H,3-4,6,8-10,12,14-16,18,20,23-25,27,29-41,47H2,1-2H3,(H,50,51)(H,52,53)/b7-5-,13-11-,19-17-,22-21-,28-26-. The van der Waals surface area contributed by atoms with Crippen LogP contribution in [0.3, 0.4) is 0 Å². The van der Waals surface area contributed by atoms with Crippen molar-refractivity contribution in [2.75, 3.05) is 19.8 Å². The molecule has 0 amide bonds. The van der Waals surface area contributed by atoms with E-state index in [2.05, 4.69) is 79.1 Å². The predicted octanol–water partition coefficient (Wildman–Crippen LogP) is 12.0. The number of carboxylic acids is 1. The molecule has 0 aromatic heterocycles. The van der Waals surface area contributed by atoms with Crippen molar-refractivity contribution in [3.05, 3.63) is 60.8 Å². The van der Waals surface area contributed by atoms with Crippen molar-refractivity contribution in [1.29, 1.82) is 0 Å². The smallest absolute Gasteiger partial charge is 0.472 e. The quantitative estimate of drug-likeness (QED) is 0.0231. The molecule has 0 radical (unpaired) electrons. The molecular formula is C46H80NO10P. The van der Waals surface area contributed by atoms with Gasteiger partial charge in [-0.3, -0.25) is 23.4 Å². The van der Waals surface area contributed by atoms with Crippen LogP contribution in [0.5, 0.6) is 0 Å². The Hall–Kier alpha value is -2.82. The van der Waals surface area contributed by atoms with Crippen molar-refractivity contribution in [3.63, 3.8) is 0 Å². The van der Waals surface area contributed by atoms with Crippen LogP contribution in [0.1, 0.15) is 181 Å². The van der Waals surface area contributed by atoms with Gasteiger partial charge in [-0.2, -0.15) is 0 Å². The number of carboxylic acid groups (broad SMARTS) is 1. The number of aliphatic carboxylic acids is 1. The molecule has 58 heavy (non-hydrogen) atoms. The molecule has 0 bridgehead atoms. The maximum Gasteiger partial charge on any atom is 0.472 e. The second-order valence-corrected chi connectivity index (χ2v) is 16.3. The normalized spacial score (nSPS) is 14.3. The van der Waals surface area contributed by atoms with Crippen LogP contribution in [0.2, 0.25) is 0 Å². The number of allylic oxidation sites excluding steroid dienone is 10. The van der Waals surface area contributed by atoms with Crippen molar-refractivity contribution in [2.45, 2.75) is 193 Å². The average Bonchev–Trinajstić information content (AvgIpc) is 3.20. The molecule has 4 N–H and O–H groups in total. The van der Waals surface area contributed by atoms with Crippen LogP contribution < -0.4 is 5.73 Å². The van der Waals surface area contributed by atoms with Gasteiger partial charge in [-0.15, -0.1) is 0 Å². The number of rotatable bonds is 41. The van der Waals surface area contributed by atoms with Crippen molar-refractivity contribution in [2.24, 2.45) is 5.73 Å². The Balaban J connectivity index is 4.42. The fourth-order valence-corrected chi connectivity index (χ4v) is 6.58. The number of ether oxygens (including phenoxy) is 2. The monoisotopic (exact) mass is 838 g/mol. The summed E-state index contributed by atoms with van der Waals surface area (Å²) in [5.41, 5.74) is 5.33. The molecule has 0 rings (SSSR count). The van der Waals surface area contributed by atoms with Gasteiger partial charge >= 0.3 is 25.7 Å². The zero-order valence-corrected chi connectivity index (χ0v) is 37.0. The largest absolute Gasteiger partial charge is 0.480 e. The number of phosphoric acid groups is 1. The Labute approximate surface area is 351 Å². The molecule has 0 aromatic carbocycles. The molecule has 0 aromatic rings. The lowest BCUT2D eigenvalue weighted by atomic mass is 10.0. The van der Waals surface area contributed by atoms with Gasteiger partial charge in [0.1, 0.15) is 12.6 Å². The first-order valence-electron chi connectivity index (χ1n) is 22.3. The molecule has 0 saturated heterocycles. The van der Waals surface area contributed by atoms with Crippen molar-refractivity contribution in [3.8, 4) is 0 Å². The molecule has 0 spiro atoms. The Morgan fingerprint density at radius 1 is 0.552 bits per heavy atom. The third-order valence-electron chi connectivity index (χ3n) is 9.28. The molecule has 334 valence electrons. The molecule has 12 heteroatoms. The fraction of sp³-hybridized carbons (Fsp3) is 0.717. The number of hydrogen-bond donors (Lipinski definition) is 3. The summed E-state index contributed by atoms with van der Waals surface area (Å²) in [6, 6.07) is -1.53. The lowest BCUT2D eigenvalue weighted by molar-refractivity contribution is -0.161. The van der Waals surface area contributed by atoms with E-state index in [-0.39, 0.29) is 19.4 Å². The molecule has 0 aliphatic heterocycles. The first-order valence-corrected chi connectivity index (χ1v) is 23.8. The van der Waals surface area contributed by atoms with Crippen LogP contribution in [0.15, 0.2) is 60.8 Å². The highest BCUT2D eigenvalue weighted by atomic mass is 31.2. The van der Waals surface area contributed by atoms with Gasteiger partial charge in [0.05, 0.1) is 13.2 Å². The maximum atomic E-state index is 12.6. The highest BCUT2D eigenvalue weighted by Crippen LogP contribution is 2.43. The van der Waals surface area contributed by atoms with Crippen LogP contribution in [-0.4, -0.2) is 59.9 Å². The number of nitrogens with two attached hydrogens (primary N) is 1. The SMILES string of the molecule is CC/C=C\C/C=C\C/C=C\C/C=C\C/C=C\CCCCCC(=O)OC(COC(=O)CCCCCCCCCCCCCCCCC)COP(=O)(O)OCC(N)C(=O)O. The Bertz CT molecular complexity index is 1210. The Morgan fingerprint density at radius 3 is 1.45 bits per heavy atom. The van der Waals surface area contributed by atoms with E-state index in [1.54, 1.807) is 0 Å². The van der Waals surface area contributed by atoms with E-state index in [0.717, 1.165) is 70.6 Å². The lowest BCUT2D eigenvalue weighted by Gasteiger charge is -2.20. The molecule has 0 aliphatic rings. The zero-order valence-electron chi connectivity index (χ0n) is 36.1. The minimum atomic E-state index is -4.73. The highest BCUT2D eigenvalue weighted by molar-refractivity contribution is 7.47. The van der Waals surface area contributed by atoms with Crippen LogP contribution in [0.4, 0.5) is 0 Å². The van der Waals surface area contributed by atoms with Gasteiger partial charge in [0.2, 0.25) is 0 Å². The number of phosphoric ester groups is 1. The lowest BCUT2D eigenvalue weighted by Crippen LogP contribution is -2.34. The number of carbonyl (C=O) groups is 3. The minimum Gasteiger partial charge on any atom is -0.480 e. The molecular weight excluding hydrogens is 757 g/mol. The number of hydrogen-bond acceptors (Lipinski definition) is 9. The summed E-state index contributed by atoms with van der Waals surface area (Å²) in [6.45, 7) is 2.66. The summed E-state index contributed by atoms with van der Waals surface area (Å²) < 4.78 is 32.7. The van der Waals surface area contributed by atoms with Gasteiger partial charge in [0.15, 0.2) is 6.10 Å². The van der Waals surface area contributed by atoms with E-state index in [1.807, 2.05) is 0 Å². The van der Waals surface area contributed by atoms with Gasteiger partial charge in [0.25, 0.3) is 0 Å². The molecule has 3 atom stereocenters. The summed E-state index contributed by atoms with van der Waals surface area (Å²) in [6.07, 6.45) is 47.1. The molecule has 0 fully saturated rings. The third kappa shape index (κ3) is 40.0. The van der Waals surface area contributed by atoms with Gasteiger partial charge in [-0.1, -0.05) is 171 Å². The van der Waals surface area contributed by atoms with E-state index < -0.39 is 51.1 Å². The molecule has 0 heterocycles. The van der Waals surface area contributed by atoms with Crippen LogP contribution >= 0.6 is 7.82 Å².